The Labute approximate surface area is 129 Å². The summed E-state index contributed by atoms with van der Waals surface area (Å²) in [6, 6.07) is -0.890. The molecule has 1 heterocycles. The number of fused-ring (bicyclic) bond motifs is 1. The molecule has 2 fully saturated rings. The zero-order valence-corrected chi connectivity index (χ0v) is 13.2. The summed E-state index contributed by atoms with van der Waals surface area (Å²) in [4.78, 5) is 26.0. The molecule has 0 radical (unpaired) electrons. The molecule has 2 rings (SSSR count). The first kappa shape index (κ1) is 16.6. The number of nitrogens with zero attached hydrogens (tertiary/aromatic N) is 2. The molecule has 0 spiro atoms. The van der Waals surface area contributed by atoms with Crippen LogP contribution in [0.15, 0.2) is 5.22 Å². The molecule has 1 saturated heterocycles. The molecule has 0 aromatic carbocycles. The van der Waals surface area contributed by atoms with Crippen LogP contribution in [0.25, 0.3) is 0 Å². The van der Waals surface area contributed by atoms with Gasteiger partial charge in [-0.3, -0.25) is 9.69 Å². The number of nitrogens with two attached hydrogens (primary N) is 2. The molecule has 124 valence electrons. The van der Waals surface area contributed by atoms with Crippen molar-refractivity contribution in [2.45, 2.75) is 69.3 Å². The van der Waals surface area contributed by atoms with Crippen LogP contribution in [-0.2, 0) is 9.53 Å². The summed E-state index contributed by atoms with van der Waals surface area (Å²) < 4.78 is 5.39. The van der Waals surface area contributed by atoms with Crippen LogP contribution >= 0.6 is 0 Å². The van der Waals surface area contributed by atoms with E-state index in [0.29, 0.717) is 12.8 Å². The fraction of sp³-hybridized carbons (Fsp3) is 0.846. The van der Waals surface area contributed by atoms with E-state index in [1.807, 2.05) is 0 Å². The number of carbonyl (C=O) groups excluding carboxylic acids is 2. The molecule has 6 N–H and O–H groups in total. The van der Waals surface area contributed by atoms with E-state index in [4.69, 9.17) is 21.7 Å². The number of carbonyl (C=O) groups is 2. The van der Waals surface area contributed by atoms with Gasteiger partial charge in [-0.05, 0) is 46.5 Å². The normalized spacial score (nSPS) is 34.2. The molecule has 9 heteroatoms. The molecule has 1 saturated carbocycles. The van der Waals surface area contributed by atoms with E-state index in [1.165, 1.54) is 4.90 Å². The Morgan fingerprint density at radius 3 is 2.55 bits per heavy atom. The van der Waals surface area contributed by atoms with E-state index < -0.39 is 34.8 Å². The highest BCUT2D eigenvalue weighted by molar-refractivity contribution is 5.87. The third-order valence-electron chi connectivity index (χ3n) is 4.40. The fourth-order valence-corrected chi connectivity index (χ4v) is 3.43. The zero-order valence-electron chi connectivity index (χ0n) is 13.2. The van der Waals surface area contributed by atoms with Crippen molar-refractivity contribution >= 4 is 12.0 Å². The molecule has 3 atom stereocenters. The van der Waals surface area contributed by atoms with Crippen LogP contribution in [0.4, 0.5) is 4.79 Å². The summed E-state index contributed by atoms with van der Waals surface area (Å²) in [6.45, 7) is 5.22. The van der Waals surface area contributed by atoms with Crippen LogP contribution in [0.3, 0.4) is 0 Å². The van der Waals surface area contributed by atoms with Crippen LogP contribution in [0.5, 0.6) is 0 Å². The van der Waals surface area contributed by atoms with Crippen LogP contribution in [0, 0.1) is 5.53 Å². The maximum Gasteiger partial charge on any atom is 0.412 e. The minimum absolute atomic E-state index is 0.226. The van der Waals surface area contributed by atoms with Gasteiger partial charge >= 0.3 is 6.09 Å². The predicted octanol–water partition coefficient (Wildman–Crippen LogP) is 0.594. The predicted molar refractivity (Wildman–Crippen MR) is 77.5 cm³/mol. The molecular weight excluding hydrogens is 288 g/mol. The highest BCUT2D eigenvalue weighted by Crippen LogP contribution is 2.48. The van der Waals surface area contributed by atoms with Crippen molar-refractivity contribution in [1.82, 2.24) is 10.3 Å². The third-order valence-corrected chi connectivity index (χ3v) is 4.40. The first-order chi connectivity index (χ1) is 10.0. The van der Waals surface area contributed by atoms with Crippen LogP contribution < -0.4 is 16.9 Å². The summed E-state index contributed by atoms with van der Waals surface area (Å²) in [5.74, 6) is -0.579. The van der Waals surface area contributed by atoms with Gasteiger partial charge < -0.3 is 16.2 Å². The van der Waals surface area contributed by atoms with Crippen molar-refractivity contribution in [2.24, 2.45) is 16.7 Å². The van der Waals surface area contributed by atoms with Gasteiger partial charge in [0.1, 0.15) is 17.3 Å². The van der Waals surface area contributed by atoms with Gasteiger partial charge in [-0.1, -0.05) is 5.22 Å². The molecule has 2 amide bonds. The van der Waals surface area contributed by atoms with E-state index in [0.717, 1.165) is 6.42 Å². The second kappa shape index (κ2) is 5.17. The van der Waals surface area contributed by atoms with Gasteiger partial charge in [0.25, 0.3) is 5.91 Å². The van der Waals surface area contributed by atoms with Gasteiger partial charge in [-0.2, -0.15) is 5.53 Å². The van der Waals surface area contributed by atoms with Gasteiger partial charge in [0, 0.05) is 0 Å². The van der Waals surface area contributed by atoms with Gasteiger partial charge in [0.2, 0.25) is 0 Å². The summed E-state index contributed by atoms with van der Waals surface area (Å²) in [5.41, 5.74) is 18.9. The SMILES string of the molecule is CC(C)(C)OC(=O)N1[C@H](C(=O)NN=N)C[C@]2(N)CCC[C@]12N. The van der Waals surface area contributed by atoms with E-state index in [-0.39, 0.29) is 6.42 Å². The van der Waals surface area contributed by atoms with Crippen molar-refractivity contribution < 1.29 is 14.3 Å². The van der Waals surface area contributed by atoms with Crippen LogP contribution in [0.2, 0.25) is 0 Å². The van der Waals surface area contributed by atoms with Crippen molar-refractivity contribution in [2.75, 3.05) is 0 Å². The molecule has 2 aliphatic rings. The summed E-state index contributed by atoms with van der Waals surface area (Å²) in [7, 11) is 0. The van der Waals surface area contributed by atoms with Crippen molar-refractivity contribution in [3.8, 4) is 0 Å². The van der Waals surface area contributed by atoms with Gasteiger partial charge in [-0.25, -0.2) is 10.2 Å². The van der Waals surface area contributed by atoms with Crippen LogP contribution in [-0.4, -0.2) is 39.7 Å². The maximum absolute atomic E-state index is 12.6. The number of likely N-dealkylation sites (tertiary alicyclic amines) is 1. The fourth-order valence-electron chi connectivity index (χ4n) is 3.43. The van der Waals surface area contributed by atoms with E-state index >= 15 is 0 Å². The molecular formula is C13H24N6O3. The minimum Gasteiger partial charge on any atom is -0.444 e. The smallest absolute Gasteiger partial charge is 0.412 e. The molecule has 0 unspecified atom stereocenters. The second-order valence-electron chi connectivity index (χ2n) is 7.09. The third kappa shape index (κ3) is 2.54. The number of amides is 2. The Balaban J connectivity index is 2.36. The first-order valence-corrected chi connectivity index (χ1v) is 7.30. The van der Waals surface area contributed by atoms with Gasteiger partial charge in [0.05, 0.1) is 5.54 Å². The first-order valence-electron chi connectivity index (χ1n) is 7.30. The highest BCUT2D eigenvalue weighted by atomic mass is 16.6. The molecule has 9 nitrogen and oxygen atoms in total. The maximum atomic E-state index is 12.6. The molecule has 0 bridgehead atoms. The Bertz CT molecular complexity index is 504. The van der Waals surface area contributed by atoms with Gasteiger partial charge in [0.15, 0.2) is 0 Å². The number of nitrogens with one attached hydrogen (secondary N) is 2. The average Bonchev–Trinajstić information content (AvgIpc) is 2.74. The largest absolute Gasteiger partial charge is 0.444 e. The molecule has 1 aliphatic carbocycles. The molecule has 22 heavy (non-hydrogen) atoms. The van der Waals surface area contributed by atoms with Crippen molar-refractivity contribution in [1.29, 1.82) is 5.53 Å². The lowest BCUT2D eigenvalue weighted by atomic mass is 9.88. The lowest BCUT2D eigenvalue weighted by Crippen LogP contribution is -2.67. The standard InChI is InChI=1S/C13H24N6O3/c1-11(2,3)22-10(21)19-8(9(20)17-18-16)7-12(14)5-4-6-13(12,19)15/h8H,4-7,14-15H2,1-3H3,(H2,16,17,20)/t8-,12+,13-/m0/s1. The lowest BCUT2D eigenvalue weighted by Gasteiger charge is -2.41. The molecule has 0 aromatic rings. The Morgan fingerprint density at radius 1 is 1.36 bits per heavy atom. The quantitative estimate of drug-likeness (QED) is 0.435. The molecule has 0 aromatic heterocycles. The molecule has 1 aliphatic heterocycles. The topological polar surface area (TPSA) is 147 Å². The summed E-state index contributed by atoms with van der Waals surface area (Å²) in [5, 5.41) is 2.88. The average molecular weight is 312 g/mol. The van der Waals surface area contributed by atoms with E-state index in [9.17, 15) is 9.59 Å². The van der Waals surface area contributed by atoms with Crippen molar-refractivity contribution in [3.05, 3.63) is 0 Å². The van der Waals surface area contributed by atoms with Crippen LogP contribution in [0.1, 0.15) is 46.5 Å². The van der Waals surface area contributed by atoms with E-state index in [2.05, 4.69) is 10.6 Å². The number of rotatable bonds is 2. The second-order valence-corrected chi connectivity index (χ2v) is 7.09. The lowest BCUT2D eigenvalue weighted by molar-refractivity contribution is -0.127. The number of ether oxygens (including phenoxy) is 1. The number of hydrogen-bond acceptors (Lipinski definition) is 7. The minimum atomic E-state index is -1.13. The monoisotopic (exact) mass is 312 g/mol. The van der Waals surface area contributed by atoms with Gasteiger partial charge in [-0.15, -0.1) is 0 Å². The van der Waals surface area contributed by atoms with E-state index in [1.54, 1.807) is 20.8 Å². The van der Waals surface area contributed by atoms with Crippen molar-refractivity contribution in [3.63, 3.8) is 0 Å². The summed E-state index contributed by atoms with van der Waals surface area (Å²) >= 11 is 0. The zero-order chi connectivity index (χ0) is 16.8. The highest BCUT2D eigenvalue weighted by Gasteiger charge is 2.65. The number of hydrogen-bond donors (Lipinski definition) is 4. The Hall–Kier alpha value is -1.74. The summed E-state index contributed by atoms with van der Waals surface area (Å²) in [6.07, 6.45) is 1.47. The Morgan fingerprint density at radius 2 is 2.00 bits per heavy atom. The Kier molecular flexibility index (Phi) is 3.90.